The first-order chi connectivity index (χ1) is 10.3. The Morgan fingerprint density at radius 3 is 2.86 bits per heavy atom. The minimum atomic E-state index is 0.939. The molecule has 0 aliphatic heterocycles. The van der Waals surface area contributed by atoms with Crippen molar-refractivity contribution in [1.82, 2.24) is 0 Å². The summed E-state index contributed by atoms with van der Waals surface area (Å²) in [6, 6.07) is 10.9. The Morgan fingerprint density at radius 1 is 1.24 bits per heavy atom. The summed E-state index contributed by atoms with van der Waals surface area (Å²) in [6.45, 7) is 2.22. The lowest BCUT2D eigenvalue weighted by atomic mass is 9.71. The van der Waals surface area contributed by atoms with E-state index >= 15 is 0 Å². The number of rotatable bonds is 2. The van der Waals surface area contributed by atoms with E-state index in [2.05, 4.69) is 55.4 Å². The van der Waals surface area contributed by atoms with Crippen LogP contribution in [0.5, 0.6) is 0 Å². The highest BCUT2D eigenvalue weighted by Gasteiger charge is 2.17. The maximum absolute atomic E-state index is 6.57. The van der Waals surface area contributed by atoms with Gasteiger partial charge in [0.15, 0.2) is 7.28 Å². The summed E-state index contributed by atoms with van der Waals surface area (Å²) in [5, 5.41) is 2.54. The molecule has 0 fully saturated rings. The molecule has 0 atom stereocenters. The highest BCUT2D eigenvalue weighted by atomic mass is 32.1. The van der Waals surface area contributed by atoms with E-state index in [1.807, 2.05) is 11.3 Å². The van der Waals surface area contributed by atoms with Crippen LogP contribution >= 0.6 is 11.3 Å². The Balaban J connectivity index is 2.13. The van der Waals surface area contributed by atoms with Crippen molar-refractivity contribution in [1.29, 1.82) is 0 Å². The molecule has 1 heterocycles. The molecule has 1 aliphatic rings. The van der Waals surface area contributed by atoms with Gasteiger partial charge in [-0.1, -0.05) is 54.8 Å². The molecule has 0 amide bonds. The van der Waals surface area contributed by atoms with Gasteiger partial charge in [0.1, 0.15) is 0 Å². The molecule has 1 nitrogen and oxygen atoms in total. The minimum Gasteiger partial charge on any atom is -0.398 e. The lowest BCUT2D eigenvalue weighted by molar-refractivity contribution is 1.45. The van der Waals surface area contributed by atoms with E-state index in [1.165, 1.54) is 36.8 Å². The molecule has 3 heteroatoms. The molecular weight excluding hydrogens is 273 g/mol. The number of thiophene rings is 1. The highest BCUT2D eigenvalue weighted by Crippen LogP contribution is 2.40. The molecule has 0 bridgehead atoms. The molecule has 102 valence electrons. The smallest absolute Gasteiger partial charge is 0.156 e. The van der Waals surface area contributed by atoms with Gasteiger partial charge in [-0.2, -0.15) is 0 Å². The van der Waals surface area contributed by atoms with Crippen LogP contribution in [0.25, 0.3) is 25.7 Å². The van der Waals surface area contributed by atoms with Crippen LogP contribution in [0.15, 0.2) is 48.6 Å². The Labute approximate surface area is 129 Å². The fourth-order valence-electron chi connectivity index (χ4n) is 3.17. The van der Waals surface area contributed by atoms with Crippen LogP contribution in [0.4, 0.5) is 5.69 Å². The number of hydrogen-bond acceptors (Lipinski definition) is 2. The number of allylic oxidation sites excluding steroid dienone is 4. The molecule has 1 aliphatic carbocycles. The third-order valence-corrected chi connectivity index (χ3v) is 5.51. The van der Waals surface area contributed by atoms with E-state index in [9.17, 15) is 0 Å². The SMILES string of the molecule is CBc1cc(C2=CC=CC2)c(N)c2c1sc1ccccc12. The van der Waals surface area contributed by atoms with Crippen molar-refractivity contribution in [2.24, 2.45) is 0 Å². The molecule has 2 N–H and O–H groups in total. The van der Waals surface area contributed by atoms with Gasteiger partial charge in [0.05, 0.1) is 0 Å². The van der Waals surface area contributed by atoms with E-state index in [1.54, 1.807) is 0 Å². The Morgan fingerprint density at radius 2 is 2.10 bits per heavy atom. The van der Waals surface area contributed by atoms with Crippen LogP contribution in [-0.4, -0.2) is 7.28 Å². The second-order valence-electron chi connectivity index (χ2n) is 5.48. The van der Waals surface area contributed by atoms with Gasteiger partial charge in [-0.25, -0.2) is 0 Å². The van der Waals surface area contributed by atoms with Crippen LogP contribution in [0.2, 0.25) is 6.82 Å². The van der Waals surface area contributed by atoms with E-state index in [4.69, 9.17) is 5.73 Å². The summed E-state index contributed by atoms with van der Waals surface area (Å²) in [7, 11) is 1.04. The zero-order valence-corrected chi connectivity index (χ0v) is 12.8. The average Bonchev–Trinajstić information content (AvgIpc) is 3.15. The van der Waals surface area contributed by atoms with Crippen molar-refractivity contribution in [3.05, 3.63) is 54.1 Å². The molecule has 4 rings (SSSR count). The first kappa shape index (κ1) is 12.7. The van der Waals surface area contributed by atoms with Crippen LogP contribution in [0.1, 0.15) is 12.0 Å². The third-order valence-electron chi connectivity index (χ3n) is 4.26. The van der Waals surface area contributed by atoms with Gasteiger partial charge in [-0.3, -0.25) is 0 Å². The number of nitrogens with two attached hydrogens (primary N) is 1. The maximum atomic E-state index is 6.57. The molecule has 1 aromatic heterocycles. The number of hydrogen-bond donors (Lipinski definition) is 1. The molecule has 2 aromatic carbocycles. The van der Waals surface area contributed by atoms with Crippen molar-refractivity contribution >= 4 is 55.5 Å². The van der Waals surface area contributed by atoms with Crippen molar-refractivity contribution < 1.29 is 0 Å². The van der Waals surface area contributed by atoms with Crippen LogP contribution in [0.3, 0.4) is 0 Å². The van der Waals surface area contributed by atoms with E-state index < -0.39 is 0 Å². The van der Waals surface area contributed by atoms with Gasteiger partial charge in [0.2, 0.25) is 0 Å². The summed E-state index contributed by atoms with van der Waals surface area (Å²) in [5.74, 6) is 0. The van der Waals surface area contributed by atoms with Crippen LogP contribution in [0, 0.1) is 0 Å². The van der Waals surface area contributed by atoms with Crippen molar-refractivity contribution in [3.8, 4) is 0 Å². The average molecular weight is 289 g/mol. The standard InChI is InChI=1S/C18H16BNS/c1-19-14-10-13(11-6-2-3-7-11)17(20)16-12-8-4-5-9-15(12)21-18(14)16/h2-6,8-10,19H,7,20H2,1H3. The van der Waals surface area contributed by atoms with E-state index in [-0.39, 0.29) is 0 Å². The number of fused-ring (bicyclic) bond motifs is 3. The predicted octanol–water partition coefficient (Wildman–Crippen LogP) is 4.09. The Kier molecular flexibility index (Phi) is 2.90. The number of benzene rings is 2. The topological polar surface area (TPSA) is 26.0 Å². The normalized spacial score (nSPS) is 14.0. The second-order valence-corrected chi connectivity index (χ2v) is 6.53. The highest BCUT2D eigenvalue weighted by molar-refractivity contribution is 7.27. The van der Waals surface area contributed by atoms with Crippen molar-refractivity contribution in [3.63, 3.8) is 0 Å². The largest absolute Gasteiger partial charge is 0.398 e. The molecule has 3 aromatic rings. The third kappa shape index (κ3) is 1.84. The Bertz CT molecular complexity index is 918. The van der Waals surface area contributed by atoms with Gasteiger partial charge >= 0.3 is 0 Å². The molecule has 0 saturated heterocycles. The number of anilines is 1. The fourth-order valence-corrected chi connectivity index (χ4v) is 4.47. The van der Waals surface area contributed by atoms with Gasteiger partial charge in [0, 0.05) is 31.4 Å². The summed E-state index contributed by atoms with van der Waals surface area (Å²) in [5.41, 5.74) is 11.5. The van der Waals surface area contributed by atoms with Gasteiger partial charge < -0.3 is 5.73 Å². The monoisotopic (exact) mass is 289 g/mol. The molecule has 0 saturated carbocycles. The van der Waals surface area contributed by atoms with E-state index in [0.717, 1.165) is 19.4 Å². The zero-order valence-electron chi connectivity index (χ0n) is 12.0. The van der Waals surface area contributed by atoms with E-state index in [0.29, 0.717) is 0 Å². The van der Waals surface area contributed by atoms with Crippen molar-refractivity contribution in [2.45, 2.75) is 13.2 Å². The summed E-state index contributed by atoms with van der Waals surface area (Å²) in [4.78, 5) is 0. The Hall–Kier alpha value is -2.00. The van der Waals surface area contributed by atoms with Crippen molar-refractivity contribution in [2.75, 3.05) is 5.73 Å². The van der Waals surface area contributed by atoms with Gasteiger partial charge in [-0.05, 0) is 18.1 Å². The van der Waals surface area contributed by atoms with Gasteiger partial charge in [0.25, 0.3) is 0 Å². The van der Waals surface area contributed by atoms with Crippen LogP contribution < -0.4 is 11.2 Å². The predicted molar refractivity (Wildman–Crippen MR) is 98.1 cm³/mol. The number of nitrogen functional groups attached to an aromatic ring is 1. The quantitative estimate of drug-likeness (QED) is 0.558. The molecule has 0 radical (unpaired) electrons. The first-order valence-corrected chi connectivity index (χ1v) is 8.20. The summed E-state index contributed by atoms with van der Waals surface area (Å²) >= 11 is 1.86. The molecule has 0 unspecified atom stereocenters. The summed E-state index contributed by atoms with van der Waals surface area (Å²) < 4.78 is 2.68. The molecule has 21 heavy (non-hydrogen) atoms. The summed E-state index contributed by atoms with van der Waals surface area (Å²) in [6.07, 6.45) is 7.49. The lowest BCUT2D eigenvalue weighted by Crippen LogP contribution is -2.13. The fraction of sp³-hybridized carbons (Fsp3) is 0.111. The first-order valence-electron chi connectivity index (χ1n) is 7.38. The molecular formula is C18H16BNS. The second kappa shape index (κ2) is 4.78. The zero-order chi connectivity index (χ0) is 14.4. The molecule has 0 spiro atoms. The van der Waals surface area contributed by atoms with Crippen LogP contribution in [-0.2, 0) is 0 Å². The lowest BCUT2D eigenvalue weighted by Gasteiger charge is -2.12. The minimum absolute atomic E-state index is 0.939. The maximum Gasteiger partial charge on any atom is 0.156 e. The van der Waals surface area contributed by atoms with Gasteiger partial charge in [-0.15, -0.1) is 11.3 Å².